The molecule has 0 heterocycles. The van der Waals surface area contributed by atoms with Crippen molar-refractivity contribution in [3.8, 4) is 0 Å². The summed E-state index contributed by atoms with van der Waals surface area (Å²) in [4.78, 5) is 19.4. The third-order valence-corrected chi connectivity index (χ3v) is 2.95. The van der Waals surface area contributed by atoms with Crippen LogP contribution in [0.1, 0.15) is 39.5 Å². The zero-order chi connectivity index (χ0) is 11.9. The molecule has 1 aliphatic rings. The van der Waals surface area contributed by atoms with E-state index in [-0.39, 0.29) is 12.0 Å². The van der Waals surface area contributed by atoms with E-state index in [0.717, 1.165) is 19.1 Å². The molecule has 0 bridgehead atoms. The molecule has 0 spiro atoms. The molecule has 1 unspecified atom stereocenters. The summed E-state index contributed by atoms with van der Waals surface area (Å²) in [6.45, 7) is 5.19. The van der Waals surface area contributed by atoms with Gasteiger partial charge in [0.25, 0.3) is 0 Å². The topological polar surface area (TPSA) is 63.6 Å². The van der Waals surface area contributed by atoms with Crippen LogP contribution < -0.4 is 0 Å². The van der Waals surface area contributed by atoms with Crippen LogP contribution in [0.2, 0.25) is 0 Å². The van der Waals surface area contributed by atoms with Crippen molar-refractivity contribution in [3.63, 3.8) is 0 Å². The van der Waals surface area contributed by atoms with E-state index in [9.17, 15) is 9.36 Å². The predicted octanol–water partition coefficient (Wildman–Crippen LogP) is 2.60. The fourth-order valence-electron chi connectivity index (χ4n) is 1.61. The third-order valence-electron chi connectivity index (χ3n) is 2.26. The molecule has 1 saturated carbocycles. The third kappa shape index (κ3) is 6.82. The van der Waals surface area contributed by atoms with Crippen molar-refractivity contribution >= 4 is 13.9 Å². The Bertz CT molecular complexity index is 215. The Kier molecular flexibility index (Phi) is 7.07. The average molecular weight is 236 g/mol. The maximum Gasteiger partial charge on any atom is 0.325 e. The van der Waals surface area contributed by atoms with Gasteiger partial charge < -0.3 is 14.2 Å². The second-order valence-electron chi connectivity index (χ2n) is 3.58. The minimum atomic E-state index is -3.35. The lowest BCUT2D eigenvalue weighted by molar-refractivity contribution is -0.112. The maximum atomic E-state index is 10.9. The number of carbonyl (C=O) groups is 1. The van der Waals surface area contributed by atoms with Gasteiger partial charge in [-0.3, -0.25) is 4.57 Å². The predicted molar refractivity (Wildman–Crippen MR) is 60.0 cm³/mol. The van der Waals surface area contributed by atoms with E-state index >= 15 is 0 Å². The molecule has 15 heavy (non-hydrogen) atoms. The number of rotatable bonds is 3. The van der Waals surface area contributed by atoms with E-state index in [1.807, 2.05) is 13.8 Å². The molecule has 0 aliphatic heterocycles. The molecule has 1 aliphatic carbocycles. The summed E-state index contributed by atoms with van der Waals surface area (Å²) in [7, 11) is -3.35. The number of hydrogen-bond donors (Lipinski definition) is 1. The van der Waals surface area contributed by atoms with Crippen LogP contribution in [-0.4, -0.2) is 23.9 Å². The van der Waals surface area contributed by atoms with Crippen molar-refractivity contribution in [2.75, 3.05) is 6.66 Å². The fourth-order valence-corrected chi connectivity index (χ4v) is 2.37. The van der Waals surface area contributed by atoms with Gasteiger partial charge in [0.15, 0.2) is 0 Å². The molecule has 1 rings (SSSR count). The molecular formula is C10H21O4P. The van der Waals surface area contributed by atoms with Crippen molar-refractivity contribution in [2.45, 2.75) is 45.6 Å². The first-order valence-corrected chi connectivity index (χ1v) is 7.47. The Labute approximate surface area is 91.6 Å². The number of aldehydes is 1. The molecule has 1 atom stereocenters. The van der Waals surface area contributed by atoms with Crippen LogP contribution in [0.25, 0.3) is 0 Å². The molecule has 0 saturated heterocycles. The Hall–Kier alpha value is -0.180. The molecule has 0 aromatic rings. The van der Waals surface area contributed by atoms with Crippen LogP contribution in [0.15, 0.2) is 0 Å². The summed E-state index contributed by atoms with van der Waals surface area (Å²) < 4.78 is 15.9. The van der Waals surface area contributed by atoms with E-state index in [0.29, 0.717) is 12.8 Å². The van der Waals surface area contributed by atoms with Gasteiger partial charge in [0.05, 0.1) is 6.10 Å². The quantitative estimate of drug-likeness (QED) is 0.604. The van der Waals surface area contributed by atoms with Crippen LogP contribution in [0.5, 0.6) is 0 Å². The van der Waals surface area contributed by atoms with Gasteiger partial charge >= 0.3 is 7.60 Å². The SMILES string of the molecule is CC.CP(=O)(O)OC1CCC(C=O)CC1. The standard InChI is InChI=1S/C8H15O4P.C2H6/c1-13(10,11)12-8-4-2-7(6-9)3-5-8;1-2/h6-8H,2-5H2,1H3,(H,10,11);1-2H3. The molecule has 1 fully saturated rings. The van der Waals surface area contributed by atoms with Gasteiger partial charge in [-0.2, -0.15) is 0 Å². The summed E-state index contributed by atoms with van der Waals surface area (Å²) in [5, 5.41) is 0. The molecular weight excluding hydrogens is 215 g/mol. The summed E-state index contributed by atoms with van der Waals surface area (Å²) in [5.41, 5.74) is 0. The smallest absolute Gasteiger partial charge is 0.324 e. The molecule has 0 aromatic carbocycles. The summed E-state index contributed by atoms with van der Waals surface area (Å²) in [6, 6.07) is 0. The second kappa shape index (κ2) is 7.15. The van der Waals surface area contributed by atoms with Gasteiger partial charge in [0.2, 0.25) is 0 Å². The first-order valence-electron chi connectivity index (χ1n) is 5.45. The van der Waals surface area contributed by atoms with Crippen LogP contribution in [0.3, 0.4) is 0 Å². The van der Waals surface area contributed by atoms with E-state index in [2.05, 4.69) is 0 Å². The normalized spacial score (nSPS) is 29.6. The van der Waals surface area contributed by atoms with Crippen molar-refractivity contribution in [1.29, 1.82) is 0 Å². The highest BCUT2D eigenvalue weighted by molar-refractivity contribution is 7.51. The van der Waals surface area contributed by atoms with E-state index in [1.165, 1.54) is 6.66 Å². The van der Waals surface area contributed by atoms with Gasteiger partial charge in [0, 0.05) is 12.6 Å². The summed E-state index contributed by atoms with van der Waals surface area (Å²) in [6.07, 6.45) is 3.78. The monoisotopic (exact) mass is 236 g/mol. The molecule has 4 nitrogen and oxygen atoms in total. The highest BCUT2D eigenvalue weighted by Gasteiger charge is 2.25. The van der Waals surface area contributed by atoms with Gasteiger partial charge in [-0.05, 0) is 25.7 Å². The highest BCUT2D eigenvalue weighted by Crippen LogP contribution is 2.41. The van der Waals surface area contributed by atoms with Gasteiger partial charge in [-0.15, -0.1) is 0 Å². The lowest BCUT2D eigenvalue weighted by Gasteiger charge is -2.26. The lowest BCUT2D eigenvalue weighted by atomic mass is 9.89. The first-order chi connectivity index (χ1) is 7.01. The van der Waals surface area contributed by atoms with Crippen molar-refractivity contribution in [3.05, 3.63) is 0 Å². The number of hydrogen-bond acceptors (Lipinski definition) is 3. The number of carbonyl (C=O) groups excluding carboxylic acids is 1. The molecule has 0 aromatic heterocycles. The summed E-state index contributed by atoms with van der Waals surface area (Å²) in [5.74, 6) is 0.120. The molecule has 0 radical (unpaired) electrons. The lowest BCUT2D eigenvalue weighted by Crippen LogP contribution is -2.21. The molecule has 90 valence electrons. The zero-order valence-corrected chi connectivity index (χ0v) is 10.6. The van der Waals surface area contributed by atoms with Crippen molar-refractivity contribution in [1.82, 2.24) is 0 Å². The Morgan fingerprint density at radius 2 is 1.73 bits per heavy atom. The maximum absolute atomic E-state index is 10.9. The molecule has 5 heteroatoms. The largest absolute Gasteiger partial charge is 0.325 e. The van der Waals surface area contributed by atoms with Crippen molar-refractivity contribution < 1.29 is 18.8 Å². The second-order valence-corrected chi connectivity index (χ2v) is 5.40. The molecule has 1 N–H and O–H groups in total. The van der Waals surface area contributed by atoms with Crippen LogP contribution in [-0.2, 0) is 13.9 Å². The highest BCUT2D eigenvalue weighted by atomic mass is 31.2. The minimum absolute atomic E-state index is 0.120. The Morgan fingerprint density at radius 1 is 1.27 bits per heavy atom. The van der Waals surface area contributed by atoms with Crippen LogP contribution in [0, 0.1) is 5.92 Å². The van der Waals surface area contributed by atoms with Gasteiger partial charge in [-0.25, -0.2) is 0 Å². The van der Waals surface area contributed by atoms with Crippen LogP contribution in [0.4, 0.5) is 0 Å². The fraction of sp³-hybridized carbons (Fsp3) is 0.900. The van der Waals surface area contributed by atoms with E-state index < -0.39 is 7.60 Å². The molecule has 0 amide bonds. The Balaban J connectivity index is 0.000000921. The van der Waals surface area contributed by atoms with E-state index in [4.69, 9.17) is 9.42 Å². The van der Waals surface area contributed by atoms with E-state index in [1.54, 1.807) is 0 Å². The Morgan fingerprint density at radius 3 is 2.07 bits per heavy atom. The first kappa shape index (κ1) is 14.8. The van der Waals surface area contributed by atoms with Gasteiger partial charge in [0.1, 0.15) is 6.29 Å². The summed E-state index contributed by atoms with van der Waals surface area (Å²) >= 11 is 0. The minimum Gasteiger partial charge on any atom is -0.324 e. The van der Waals surface area contributed by atoms with Crippen molar-refractivity contribution in [2.24, 2.45) is 5.92 Å². The van der Waals surface area contributed by atoms with Gasteiger partial charge in [-0.1, -0.05) is 13.8 Å². The average Bonchev–Trinajstić information content (AvgIpc) is 2.20. The zero-order valence-electron chi connectivity index (χ0n) is 9.68. The van der Waals surface area contributed by atoms with Crippen LogP contribution >= 0.6 is 7.60 Å².